The van der Waals surface area contributed by atoms with E-state index in [4.69, 9.17) is 5.73 Å². The van der Waals surface area contributed by atoms with Gasteiger partial charge in [0.05, 0.1) is 5.69 Å². The minimum atomic E-state index is -3.99. The molecule has 1 fully saturated rings. The third kappa shape index (κ3) is 2.75. The number of nitrogen functional groups attached to an aromatic ring is 1. The van der Waals surface area contributed by atoms with E-state index >= 15 is 0 Å². The molecule has 1 amide bonds. The fourth-order valence-corrected chi connectivity index (χ4v) is 3.94. The zero-order valence-corrected chi connectivity index (χ0v) is 11.8. The average molecular weight is 301 g/mol. The Morgan fingerprint density at radius 3 is 2.80 bits per heavy atom. The Morgan fingerprint density at radius 1 is 1.50 bits per heavy atom. The number of sulfonamides is 1. The van der Waals surface area contributed by atoms with Gasteiger partial charge >= 0.3 is 0 Å². The van der Waals surface area contributed by atoms with E-state index in [1.165, 1.54) is 19.1 Å². The van der Waals surface area contributed by atoms with E-state index in [-0.39, 0.29) is 30.7 Å². The molecular weight excluding hydrogens is 285 g/mol. The van der Waals surface area contributed by atoms with Gasteiger partial charge in [0.2, 0.25) is 15.9 Å². The van der Waals surface area contributed by atoms with Crippen molar-refractivity contribution in [2.24, 2.45) is 0 Å². The second-order valence-electron chi connectivity index (χ2n) is 4.71. The van der Waals surface area contributed by atoms with Gasteiger partial charge in [-0.25, -0.2) is 12.8 Å². The molecule has 1 aromatic rings. The molecule has 1 atom stereocenters. The molecule has 0 aliphatic carbocycles. The highest BCUT2D eigenvalue weighted by Gasteiger charge is 2.35. The molecule has 20 heavy (non-hydrogen) atoms. The molecule has 0 saturated carbocycles. The van der Waals surface area contributed by atoms with E-state index in [0.717, 1.165) is 10.4 Å². The maximum atomic E-state index is 13.8. The number of carbonyl (C=O) groups excluding carboxylic acids is 1. The van der Waals surface area contributed by atoms with Crippen molar-refractivity contribution in [1.29, 1.82) is 0 Å². The van der Waals surface area contributed by atoms with Gasteiger partial charge in [-0.3, -0.25) is 4.79 Å². The minimum absolute atomic E-state index is 0.118. The predicted octanol–water partition coefficient (Wildman–Crippen LogP) is 0.307. The summed E-state index contributed by atoms with van der Waals surface area (Å²) in [4.78, 5) is 10.5. The highest BCUT2D eigenvalue weighted by atomic mass is 32.2. The van der Waals surface area contributed by atoms with Crippen LogP contribution in [0.2, 0.25) is 0 Å². The highest BCUT2D eigenvalue weighted by Crippen LogP contribution is 2.27. The number of anilines is 1. The number of halogens is 1. The standard InChI is InChI=1S/C12H16FN3O3S/c1-8(17)15-9-5-6-16(7-9)20(18,19)12-10(13)3-2-4-11(12)14/h2-4,9H,5-7,14H2,1H3,(H,15,17). The maximum absolute atomic E-state index is 13.8. The topological polar surface area (TPSA) is 92.5 Å². The van der Waals surface area contributed by atoms with Gasteiger partial charge < -0.3 is 11.1 Å². The van der Waals surface area contributed by atoms with Gasteiger partial charge in [0.15, 0.2) is 0 Å². The first-order valence-electron chi connectivity index (χ1n) is 6.13. The minimum Gasteiger partial charge on any atom is -0.398 e. The van der Waals surface area contributed by atoms with E-state index in [0.29, 0.717) is 6.42 Å². The molecule has 8 heteroatoms. The summed E-state index contributed by atoms with van der Waals surface area (Å²) in [7, 11) is -3.99. The van der Waals surface area contributed by atoms with E-state index < -0.39 is 20.7 Å². The van der Waals surface area contributed by atoms with Crippen LogP contribution in [-0.4, -0.2) is 37.8 Å². The van der Waals surface area contributed by atoms with Crippen molar-refractivity contribution in [2.75, 3.05) is 18.8 Å². The molecule has 0 radical (unpaired) electrons. The summed E-state index contributed by atoms with van der Waals surface area (Å²) in [6.07, 6.45) is 0.493. The van der Waals surface area contributed by atoms with E-state index in [2.05, 4.69) is 5.32 Å². The van der Waals surface area contributed by atoms with E-state index in [9.17, 15) is 17.6 Å². The van der Waals surface area contributed by atoms with Gasteiger partial charge in [0.1, 0.15) is 10.7 Å². The molecule has 3 N–H and O–H groups in total. The third-order valence-electron chi connectivity index (χ3n) is 3.15. The van der Waals surface area contributed by atoms with Gasteiger partial charge in [0.25, 0.3) is 0 Å². The summed E-state index contributed by atoms with van der Waals surface area (Å²) in [5, 5.41) is 2.65. The quantitative estimate of drug-likeness (QED) is 0.786. The van der Waals surface area contributed by atoms with Crippen LogP contribution in [0, 0.1) is 5.82 Å². The Kier molecular flexibility index (Phi) is 3.96. The normalized spacial score (nSPS) is 20.0. The van der Waals surface area contributed by atoms with Crippen molar-refractivity contribution in [3.05, 3.63) is 24.0 Å². The Morgan fingerprint density at radius 2 is 2.20 bits per heavy atom. The molecule has 1 aromatic carbocycles. The number of nitrogens with one attached hydrogen (secondary N) is 1. The van der Waals surface area contributed by atoms with Crippen LogP contribution >= 0.6 is 0 Å². The lowest BCUT2D eigenvalue weighted by Crippen LogP contribution is -2.37. The Hall–Kier alpha value is -1.67. The lowest BCUT2D eigenvalue weighted by Gasteiger charge is -2.18. The van der Waals surface area contributed by atoms with Crippen molar-refractivity contribution in [3.63, 3.8) is 0 Å². The van der Waals surface area contributed by atoms with Gasteiger partial charge in [-0.1, -0.05) is 6.07 Å². The summed E-state index contributed by atoms with van der Waals surface area (Å²) in [6.45, 7) is 1.71. The monoisotopic (exact) mass is 301 g/mol. The van der Waals surface area contributed by atoms with E-state index in [1.807, 2.05) is 0 Å². The van der Waals surface area contributed by atoms with Crippen LogP contribution < -0.4 is 11.1 Å². The lowest BCUT2D eigenvalue weighted by molar-refractivity contribution is -0.119. The summed E-state index contributed by atoms with van der Waals surface area (Å²) < 4.78 is 39.7. The van der Waals surface area contributed by atoms with Gasteiger partial charge in [-0.05, 0) is 18.6 Å². The zero-order valence-electron chi connectivity index (χ0n) is 11.0. The number of hydrogen-bond acceptors (Lipinski definition) is 4. The molecule has 0 bridgehead atoms. The Balaban J connectivity index is 2.26. The van der Waals surface area contributed by atoms with Crippen LogP contribution in [0.3, 0.4) is 0 Å². The summed E-state index contributed by atoms with van der Waals surface area (Å²) in [5.41, 5.74) is 5.46. The van der Waals surface area contributed by atoms with Crippen LogP contribution in [0.4, 0.5) is 10.1 Å². The molecule has 1 aliphatic heterocycles. The van der Waals surface area contributed by atoms with Gasteiger partial charge in [-0.15, -0.1) is 0 Å². The lowest BCUT2D eigenvalue weighted by atomic mass is 10.3. The highest BCUT2D eigenvalue weighted by molar-refractivity contribution is 7.89. The third-order valence-corrected chi connectivity index (χ3v) is 5.11. The Labute approximate surface area is 116 Å². The molecule has 110 valence electrons. The van der Waals surface area contributed by atoms with Crippen molar-refractivity contribution in [3.8, 4) is 0 Å². The first-order chi connectivity index (χ1) is 9.32. The number of nitrogens with two attached hydrogens (primary N) is 1. The summed E-state index contributed by atoms with van der Waals surface area (Å²) in [5.74, 6) is -1.09. The first-order valence-corrected chi connectivity index (χ1v) is 7.57. The number of hydrogen-bond donors (Lipinski definition) is 2. The van der Waals surface area contributed by atoms with Crippen molar-refractivity contribution in [1.82, 2.24) is 9.62 Å². The van der Waals surface area contributed by atoms with Crippen molar-refractivity contribution < 1.29 is 17.6 Å². The molecule has 6 nitrogen and oxygen atoms in total. The molecule has 2 rings (SSSR count). The number of carbonyl (C=O) groups is 1. The van der Waals surface area contributed by atoms with Gasteiger partial charge in [-0.2, -0.15) is 4.31 Å². The number of amides is 1. The smallest absolute Gasteiger partial charge is 0.248 e. The second-order valence-corrected chi connectivity index (χ2v) is 6.58. The van der Waals surface area contributed by atoms with Gasteiger partial charge in [0, 0.05) is 26.1 Å². The van der Waals surface area contributed by atoms with Crippen LogP contribution in [0.1, 0.15) is 13.3 Å². The first kappa shape index (κ1) is 14.7. The van der Waals surface area contributed by atoms with Crippen LogP contribution in [0.25, 0.3) is 0 Å². The second kappa shape index (κ2) is 5.37. The van der Waals surface area contributed by atoms with E-state index in [1.54, 1.807) is 0 Å². The SMILES string of the molecule is CC(=O)NC1CCN(S(=O)(=O)c2c(N)cccc2F)C1. The molecule has 0 spiro atoms. The molecule has 1 heterocycles. The molecule has 0 aromatic heterocycles. The Bertz CT molecular complexity index is 613. The molecule has 1 saturated heterocycles. The van der Waals surface area contributed by atoms with Crippen molar-refractivity contribution >= 4 is 21.6 Å². The number of nitrogens with zero attached hydrogens (tertiary/aromatic N) is 1. The largest absolute Gasteiger partial charge is 0.398 e. The molecular formula is C12H16FN3O3S. The average Bonchev–Trinajstić information content (AvgIpc) is 2.76. The fourth-order valence-electron chi connectivity index (χ4n) is 2.28. The predicted molar refractivity (Wildman–Crippen MR) is 71.8 cm³/mol. The number of benzene rings is 1. The zero-order chi connectivity index (χ0) is 14.9. The van der Waals surface area contributed by atoms with Crippen LogP contribution in [-0.2, 0) is 14.8 Å². The molecule has 1 aliphatic rings. The van der Waals surface area contributed by atoms with Crippen LogP contribution in [0.15, 0.2) is 23.1 Å². The van der Waals surface area contributed by atoms with Crippen molar-refractivity contribution in [2.45, 2.75) is 24.3 Å². The maximum Gasteiger partial charge on any atom is 0.248 e. The summed E-state index contributed by atoms with van der Waals surface area (Å²) >= 11 is 0. The molecule has 1 unspecified atom stereocenters. The number of rotatable bonds is 3. The van der Waals surface area contributed by atoms with Crippen LogP contribution in [0.5, 0.6) is 0 Å². The summed E-state index contributed by atoms with van der Waals surface area (Å²) in [6, 6.07) is 3.51. The fraction of sp³-hybridized carbons (Fsp3) is 0.417.